The molecule has 8 heavy (non-hydrogen) atoms. The number of rotatable bonds is 2. The van der Waals surface area contributed by atoms with Crippen LogP contribution in [0.5, 0.6) is 0 Å². The van der Waals surface area contributed by atoms with E-state index in [1.165, 1.54) is 5.31 Å². The van der Waals surface area contributed by atoms with Gasteiger partial charge in [0, 0.05) is 0 Å². The van der Waals surface area contributed by atoms with E-state index in [2.05, 4.69) is 28.8 Å². The first-order chi connectivity index (χ1) is 3.68. The van der Waals surface area contributed by atoms with Gasteiger partial charge in [-0.1, -0.05) is 25.2 Å². The summed E-state index contributed by atoms with van der Waals surface area (Å²) in [5.41, 5.74) is 1.14. The highest BCUT2D eigenvalue weighted by molar-refractivity contribution is 7.23. The minimum atomic E-state index is 1.09. The minimum absolute atomic E-state index is 1.09. The zero-order valence-electron chi connectivity index (χ0n) is 5.57. The molecule has 0 nitrogen and oxygen atoms in total. The molecule has 0 aromatic rings. The van der Waals surface area contributed by atoms with Crippen LogP contribution in [0.2, 0.25) is 0 Å². The van der Waals surface area contributed by atoms with E-state index in [1.807, 2.05) is 6.92 Å². The van der Waals surface area contributed by atoms with Crippen LogP contribution in [0, 0.1) is 0 Å². The van der Waals surface area contributed by atoms with Gasteiger partial charge in [0.15, 0.2) is 0 Å². The normalized spacial score (nSPS) is 11.6. The van der Waals surface area contributed by atoms with Gasteiger partial charge in [-0.2, -0.15) is 0 Å². The molecule has 0 heterocycles. The van der Waals surface area contributed by atoms with E-state index in [9.17, 15) is 0 Å². The SMILES string of the molecule is C=C(C)/C(P)=C/CC. The molecule has 1 unspecified atom stereocenters. The molecule has 0 bridgehead atoms. The van der Waals surface area contributed by atoms with Gasteiger partial charge in [0.1, 0.15) is 0 Å². The summed E-state index contributed by atoms with van der Waals surface area (Å²) in [4.78, 5) is 0. The predicted molar refractivity (Wildman–Crippen MR) is 42.9 cm³/mol. The van der Waals surface area contributed by atoms with E-state index < -0.39 is 0 Å². The second kappa shape index (κ2) is 3.86. The van der Waals surface area contributed by atoms with Gasteiger partial charge in [-0.05, 0) is 18.7 Å². The van der Waals surface area contributed by atoms with Crippen LogP contribution in [0.15, 0.2) is 23.5 Å². The highest BCUT2D eigenvalue weighted by atomic mass is 31.0. The fourth-order valence-corrected chi connectivity index (χ4v) is 0.630. The molecule has 0 fully saturated rings. The van der Waals surface area contributed by atoms with E-state index in [0.29, 0.717) is 0 Å². The maximum absolute atomic E-state index is 3.78. The molecular formula is C7H13P. The highest BCUT2D eigenvalue weighted by Crippen LogP contribution is 2.14. The molecule has 0 saturated heterocycles. The summed E-state index contributed by atoms with van der Waals surface area (Å²) in [5, 5.41) is 1.23. The van der Waals surface area contributed by atoms with Gasteiger partial charge in [-0.3, -0.25) is 0 Å². The summed E-state index contributed by atoms with van der Waals surface area (Å²) in [6.07, 6.45) is 3.23. The Bertz CT molecular complexity index is 112. The van der Waals surface area contributed by atoms with Crippen molar-refractivity contribution in [3.05, 3.63) is 23.5 Å². The van der Waals surface area contributed by atoms with Crippen molar-refractivity contribution in [2.24, 2.45) is 0 Å². The van der Waals surface area contributed by atoms with Crippen LogP contribution in [-0.2, 0) is 0 Å². The fourth-order valence-electron chi connectivity index (χ4n) is 0.394. The predicted octanol–water partition coefficient (Wildman–Crippen LogP) is 2.73. The van der Waals surface area contributed by atoms with Crippen LogP contribution in [0.1, 0.15) is 20.3 Å². The van der Waals surface area contributed by atoms with Gasteiger partial charge in [0.25, 0.3) is 0 Å². The zero-order valence-corrected chi connectivity index (χ0v) is 6.72. The van der Waals surface area contributed by atoms with Crippen LogP contribution in [0.4, 0.5) is 0 Å². The summed E-state index contributed by atoms with van der Waals surface area (Å²) in [5.74, 6) is 0. The van der Waals surface area contributed by atoms with Crippen LogP contribution >= 0.6 is 9.24 Å². The molecule has 0 aliphatic rings. The maximum Gasteiger partial charge on any atom is -0.0319 e. The lowest BCUT2D eigenvalue weighted by atomic mass is 10.3. The van der Waals surface area contributed by atoms with Gasteiger partial charge < -0.3 is 0 Å². The standard InChI is InChI=1S/C7H13P/c1-4-5-7(8)6(2)3/h5H,2,4,8H2,1,3H3/b7-5-. The van der Waals surface area contributed by atoms with Crippen molar-refractivity contribution < 1.29 is 0 Å². The quantitative estimate of drug-likeness (QED) is 0.396. The zero-order chi connectivity index (χ0) is 6.57. The second-order valence-corrected chi connectivity index (χ2v) is 2.47. The Morgan fingerprint density at radius 1 is 1.75 bits per heavy atom. The summed E-state index contributed by atoms with van der Waals surface area (Å²) in [7, 11) is 2.66. The van der Waals surface area contributed by atoms with E-state index in [-0.39, 0.29) is 0 Å². The first kappa shape index (κ1) is 7.91. The summed E-state index contributed by atoms with van der Waals surface area (Å²) < 4.78 is 0. The molecule has 1 heteroatoms. The van der Waals surface area contributed by atoms with Crippen molar-refractivity contribution in [1.82, 2.24) is 0 Å². The van der Waals surface area contributed by atoms with Crippen molar-refractivity contribution in [2.75, 3.05) is 0 Å². The molecule has 0 aliphatic carbocycles. The van der Waals surface area contributed by atoms with Gasteiger partial charge in [-0.25, -0.2) is 0 Å². The minimum Gasteiger partial charge on any atom is -0.106 e. The van der Waals surface area contributed by atoms with Crippen molar-refractivity contribution in [2.45, 2.75) is 20.3 Å². The molecule has 0 rings (SSSR count). The van der Waals surface area contributed by atoms with Crippen LogP contribution in [0.25, 0.3) is 0 Å². The first-order valence-corrected chi connectivity index (χ1v) is 3.37. The number of allylic oxidation sites excluding steroid dienone is 3. The van der Waals surface area contributed by atoms with Crippen molar-refractivity contribution in [3.63, 3.8) is 0 Å². The van der Waals surface area contributed by atoms with Gasteiger partial charge in [-0.15, -0.1) is 9.24 Å². The van der Waals surface area contributed by atoms with E-state index >= 15 is 0 Å². The van der Waals surface area contributed by atoms with E-state index in [1.54, 1.807) is 0 Å². The fraction of sp³-hybridized carbons (Fsp3) is 0.429. The summed E-state index contributed by atoms with van der Waals surface area (Å²) in [6.45, 7) is 7.91. The highest BCUT2D eigenvalue weighted by Gasteiger charge is 1.84. The topological polar surface area (TPSA) is 0 Å². The third-order valence-electron chi connectivity index (χ3n) is 0.917. The molecule has 0 amide bonds. The Hall–Kier alpha value is -0.0900. The van der Waals surface area contributed by atoms with Crippen molar-refractivity contribution in [1.29, 1.82) is 0 Å². The summed E-state index contributed by atoms with van der Waals surface area (Å²) in [6, 6.07) is 0. The average Bonchev–Trinajstić information content (AvgIpc) is 1.67. The molecule has 0 N–H and O–H groups in total. The molecule has 0 aromatic carbocycles. The van der Waals surface area contributed by atoms with Gasteiger partial charge in [0.2, 0.25) is 0 Å². The van der Waals surface area contributed by atoms with Crippen LogP contribution in [-0.4, -0.2) is 0 Å². The van der Waals surface area contributed by atoms with Gasteiger partial charge in [0.05, 0.1) is 0 Å². The number of hydrogen-bond donors (Lipinski definition) is 0. The largest absolute Gasteiger partial charge is 0.106 e. The molecule has 46 valence electrons. The molecular weight excluding hydrogens is 115 g/mol. The van der Waals surface area contributed by atoms with E-state index in [4.69, 9.17) is 0 Å². The second-order valence-electron chi connectivity index (χ2n) is 1.85. The Labute approximate surface area is 53.9 Å². The molecule has 0 aliphatic heterocycles. The van der Waals surface area contributed by atoms with Crippen molar-refractivity contribution >= 4 is 9.24 Å². The summed E-state index contributed by atoms with van der Waals surface area (Å²) >= 11 is 0. The Balaban J connectivity index is 3.80. The Kier molecular flexibility index (Phi) is 3.81. The van der Waals surface area contributed by atoms with Crippen LogP contribution < -0.4 is 0 Å². The molecule has 0 radical (unpaired) electrons. The molecule has 1 atom stereocenters. The van der Waals surface area contributed by atoms with E-state index in [0.717, 1.165) is 12.0 Å². The average molecular weight is 128 g/mol. The third kappa shape index (κ3) is 2.98. The third-order valence-corrected chi connectivity index (χ3v) is 1.65. The molecule has 0 saturated carbocycles. The lowest BCUT2D eigenvalue weighted by Gasteiger charge is -1.94. The Morgan fingerprint density at radius 2 is 2.25 bits per heavy atom. The van der Waals surface area contributed by atoms with Crippen LogP contribution in [0.3, 0.4) is 0 Å². The number of hydrogen-bond acceptors (Lipinski definition) is 0. The van der Waals surface area contributed by atoms with Crippen molar-refractivity contribution in [3.8, 4) is 0 Å². The molecule has 0 spiro atoms. The lowest BCUT2D eigenvalue weighted by molar-refractivity contribution is 1.21. The molecule has 0 aromatic heterocycles. The van der Waals surface area contributed by atoms with Gasteiger partial charge >= 0.3 is 0 Å². The monoisotopic (exact) mass is 128 g/mol. The maximum atomic E-state index is 3.78. The lowest BCUT2D eigenvalue weighted by Crippen LogP contribution is -1.68. The first-order valence-electron chi connectivity index (χ1n) is 2.80. The Morgan fingerprint density at radius 3 is 2.38 bits per heavy atom. The smallest absolute Gasteiger partial charge is 0.0319 e.